The van der Waals surface area contributed by atoms with Gasteiger partial charge in [-0.25, -0.2) is 8.42 Å². The van der Waals surface area contributed by atoms with E-state index >= 15 is 0 Å². The van der Waals surface area contributed by atoms with Gasteiger partial charge in [-0.15, -0.1) is 0 Å². The van der Waals surface area contributed by atoms with Crippen molar-refractivity contribution in [3.63, 3.8) is 0 Å². The van der Waals surface area contributed by atoms with E-state index in [0.717, 1.165) is 22.0 Å². The maximum absolute atomic E-state index is 13.5. The molecule has 2 aromatic carbocycles. The average Bonchev–Trinajstić information content (AvgIpc) is 2.77. The first-order chi connectivity index (χ1) is 15.4. The number of ether oxygens (including phenoxy) is 3. The van der Waals surface area contributed by atoms with Gasteiger partial charge in [-0.2, -0.15) is 17.5 Å². The molecule has 3 rings (SSSR count). The Morgan fingerprint density at radius 3 is 2.30 bits per heavy atom. The minimum atomic E-state index is -4.71. The molecule has 2 aromatic rings. The molecular weight excluding hydrogens is 463 g/mol. The topological polar surface area (TPSA) is 82.1 Å². The number of aryl methyl sites for hydroxylation is 1. The third kappa shape index (κ3) is 4.79. The number of carbonyl (C=O) groups excluding carboxylic acids is 1. The summed E-state index contributed by atoms with van der Waals surface area (Å²) >= 11 is 0. The number of esters is 1. The number of alkyl halides is 3. The summed E-state index contributed by atoms with van der Waals surface area (Å²) in [5.41, 5.74) is 0.120. The fraction of sp³-hybridized carbons (Fsp3) is 0.409. The van der Waals surface area contributed by atoms with Gasteiger partial charge in [0.2, 0.25) is 10.0 Å². The van der Waals surface area contributed by atoms with Crippen LogP contribution < -0.4 is 9.47 Å². The van der Waals surface area contributed by atoms with Crippen LogP contribution in [0.4, 0.5) is 13.2 Å². The van der Waals surface area contributed by atoms with Crippen LogP contribution in [0.3, 0.4) is 0 Å². The predicted octanol–water partition coefficient (Wildman–Crippen LogP) is 3.88. The molecule has 0 spiro atoms. The van der Waals surface area contributed by atoms with E-state index in [9.17, 15) is 26.4 Å². The molecule has 180 valence electrons. The lowest BCUT2D eigenvalue weighted by Crippen LogP contribution is -2.41. The van der Waals surface area contributed by atoms with Gasteiger partial charge in [0.05, 0.1) is 44.3 Å². The zero-order chi connectivity index (χ0) is 24.6. The highest BCUT2D eigenvalue weighted by molar-refractivity contribution is 7.89. The van der Waals surface area contributed by atoms with Crippen LogP contribution in [0, 0.1) is 6.92 Å². The van der Waals surface area contributed by atoms with Gasteiger partial charge in [0.15, 0.2) is 11.5 Å². The summed E-state index contributed by atoms with van der Waals surface area (Å²) in [6.45, 7) is 1.22. The van der Waals surface area contributed by atoms with Crippen LogP contribution in [-0.4, -0.2) is 46.6 Å². The van der Waals surface area contributed by atoms with Gasteiger partial charge >= 0.3 is 12.1 Å². The average molecular weight is 487 g/mol. The highest BCUT2D eigenvalue weighted by Gasteiger charge is 2.40. The minimum Gasteiger partial charge on any atom is -0.493 e. The van der Waals surface area contributed by atoms with Crippen molar-refractivity contribution in [2.75, 3.05) is 27.9 Å². The molecular formula is C22H24F3NO6S. The first-order valence-corrected chi connectivity index (χ1v) is 11.4. The number of methoxy groups -OCH3 is 3. The standard InChI is InChI=1S/C22H24F3NO6S/c1-13-5-6-15(10-17(13)22(23,24)25)33(28,29)26-8-7-14-9-19(30-2)20(31-3)11-16(14)18(26)12-21(27)32-4/h5-6,9-11,18H,7-8,12H2,1-4H3. The SMILES string of the molecule is COC(=O)CC1c2cc(OC)c(OC)cc2CCN1S(=O)(=O)c1ccc(C)c(C(F)(F)F)c1. The summed E-state index contributed by atoms with van der Waals surface area (Å²) in [5.74, 6) is 0.112. The molecule has 7 nitrogen and oxygen atoms in total. The number of fused-ring (bicyclic) bond motifs is 1. The van der Waals surface area contributed by atoms with Gasteiger partial charge in [-0.05, 0) is 54.3 Å². The van der Waals surface area contributed by atoms with E-state index in [-0.39, 0.29) is 24.9 Å². The second-order valence-electron chi connectivity index (χ2n) is 7.54. The maximum Gasteiger partial charge on any atom is 0.416 e. The number of nitrogens with zero attached hydrogens (tertiary/aromatic N) is 1. The lowest BCUT2D eigenvalue weighted by atomic mass is 9.91. The van der Waals surface area contributed by atoms with Crippen LogP contribution in [-0.2, 0) is 32.2 Å². The second kappa shape index (κ2) is 9.22. The third-order valence-corrected chi connectivity index (χ3v) is 7.57. The second-order valence-corrected chi connectivity index (χ2v) is 9.43. The number of hydrogen-bond donors (Lipinski definition) is 0. The number of benzene rings is 2. The lowest BCUT2D eigenvalue weighted by Gasteiger charge is -2.36. The Hall–Kier alpha value is -2.79. The molecule has 1 atom stereocenters. The molecule has 1 unspecified atom stereocenters. The minimum absolute atomic E-state index is 0.0400. The van der Waals surface area contributed by atoms with Crippen molar-refractivity contribution in [3.05, 3.63) is 52.6 Å². The summed E-state index contributed by atoms with van der Waals surface area (Å²) in [7, 11) is -0.331. The van der Waals surface area contributed by atoms with Gasteiger partial charge in [-0.1, -0.05) is 6.07 Å². The van der Waals surface area contributed by atoms with Crippen molar-refractivity contribution in [1.82, 2.24) is 4.31 Å². The lowest BCUT2D eigenvalue weighted by molar-refractivity contribution is -0.141. The Morgan fingerprint density at radius 1 is 1.09 bits per heavy atom. The smallest absolute Gasteiger partial charge is 0.416 e. The zero-order valence-corrected chi connectivity index (χ0v) is 19.3. The van der Waals surface area contributed by atoms with Crippen molar-refractivity contribution < 1.29 is 40.6 Å². The molecule has 33 heavy (non-hydrogen) atoms. The van der Waals surface area contributed by atoms with Crippen LogP contribution in [0.25, 0.3) is 0 Å². The van der Waals surface area contributed by atoms with E-state index in [1.807, 2.05) is 0 Å². The quantitative estimate of drug-likeness (QED) is 0.576. The van der Waals surface area contributed by atoms with E-state index in [1.54, 1.807) is 12.1 Å². The van der Waals surface area contributed by atoms with Gasteiger partial charge < -0.3 is 14.2 Å². The Bertz CT molecular complexity index is 1160. The van der Waals surface area contributed by atoms with Crippen molar-refractivity contribution >= 4 is 16.0 Å². The Labute approximate surface area is 190 Å². The number of halogens is 3. The Balaban J connectivity index is 2.14. The summed E-state index contributed by atoms with van der Waals surface area (Å²) in [4.78, 5) is 11.7. The molecule has 0 N–H and O–H groups in total. The van der Waals surface area contributed by atoms with E-state index in [4.69, 9.17) is 14.2 Å². The van der Waals surface area contributed by atoms with E-state index < -0.39 is 38.7 Å². The van der Waals surface area contributed by atoms with Crippen LogP contribution in [0.15, 0.2) is 35.2 Å². The summed E-state index contributed by atoms with van der Waals surface area (Å²) in [6.07, 6.45) is -4.76. The van der Waals surface area contributed by atoms with Crippen LogP contribution in [0.2, 0.25) is 0 Å². The monoisotopic (exact) mass is 487 g/mol. The van der Waals surface area contributed by atoms with E-state index in [2.05, 4.69) is 0 Å². The van der Waals surface area contributed by atoms with Gasteiger partial charge in [0.25, 0.3) is 0 Å². The molecule has 0 bridgehead atoms. The normalized spacial score (nSPS) is 16.8. The van der Waals surface area contributed by atoms with Gasteiger partial charge in [0.1, 0.15) is 0 Å². The summed E-state index contributed by atoms with van der Waals surface area (Å²) in [5, 5.41) is 0. The summed E-state index contributed by atoms with van der Waals surface area (Å²) in [6, 6.07) is 5.18. The van der Waals surface area contributed by atoms with Crippen LogP contribution in [0.5, 0.6) is 11.5 Å². The van der Waals surface area contributed by atoms with Gasteiger partial charge in [-0.3, -0.25) is 4.79 Å². The molecule has 11 heteroatoms. The Kier molecular flexibility index (Phi) is 6.94. The van der Waals surface area contributed by atoms with E-state index in [1.165, 1.54) is 28.3 Å². The highest BCUT2D eigenvalue weighted by Crippen LogP contribution is 2.42. The van der Waals surface area contributed by atoms with E-state index in [0.29, 0.717) is 23.1 Å². The maximum atomic E-state index is 13.5. The van der Waals surface area contributed by atoms with Crippen LogP contribution in [0.1, 0.15) is 34.7 Å². The first-order valence-electron chi connectivity index (χ1n) is 9.95. The number of rotatable bonds is 6. The highest BCUT2D eigenvalue weighted by atomic mass is 32.2. The molecule has 1 aliphatic heterocycles. The number of hydrogen-bond acceptors (Lipinski definition) is 6. The predicted molar refractivity (Wildman–Crippen MR) is 113 cm³/mol. The van der Waals surface area contributed by atoms with Crippen LogP contribution >= 0.6 is 0 Å². The van der Waals surface area contributed by atoms with Gasteiger partial charge in [0, 0.05) is 6.54 Å². The zero-order valence-electron chi connectivity index (χ0n) is 18.5. The first kappa shape index (κ1) is 24.8. The van der Waals surface area contributed by atoms with Crippen molar-refractivity contribution in [3.8, 4) is 11.5 Å². The third-order valence-electron chi connectivity index (χ3n) is 5.66. The summed E-state index contributed by atoms with van der Waals surface area (Å²) < 4.78 is 83.6. The molecule has 0 aromatic heterocycles. The fourth-order valence-corrected chi connectivity index (χ4v) is 5.58. The molecule has 0 saturated carbocycles. The van der Waals surface area contributed by atoms with Crippen molar-refractivity contribution in [2.24, 2.45) is 0 Å². The molecule has 0 amide bonds. The van der Waals surface area contributed by atoms with Crippen molar-refractivity contribution in [2.45, 2.75) is 36.9 Å². The molecule has 0 saturated heterocycles. The Morgan fingerprint density at radius 2 is 1.73 bits per heavy atom. The molecule has 0 aliphatic carbocycles. The number of sulfonamides is 1. The largest absolute Gasteiger partial charge is 0.493 e. The molecule has 0 radical (unpaired) electrons. The molecule has 0 fully saturated rings. The molecule has 1 heterocycles. The fourth-order valence-electron chi connectivity index (χ4n) is 3.95. The van der Waals surface area contributed by atoms with Crippen molar-refractivity contribution in [1.29, 1.82) is 0 Å². The molecule has 1 aliphatic rings. The number of carbonyl (C=O) groups is 1.